The van der Waals surface area contributed by atoms with Crippen LogP contribution in [0.2, 0.25) is 0 Å². The van der Waals surface area contributed by atoms with Gasteiger partial charge < -0.3 is 15.0 Å². The minimum absolute atomic E-state index is 0.243. The number of alkyl halides is 1. The number of benzene rings is 2. The Morgan fingerprint density at radius 3 is 2.75 bits per heavy atom. The Morgan fingerprint density at radius 1 is 1.07 bits per heavy atom. The van der Waals surface area contributed by atoms with E-state index in [1.807, 2.05) is 6.20 Å². The van der Waals surface area contributed by atoms with Gasteiger partial charge in [0.2, 0.25) is 0 Å². The summed E-state index contributed by atoms with van der Waals surface area (Å²) < 4.78 is 20.8. The van der Waals surface area contributed by atoms with E-state index in [-0.39, 0.29) is 5.54 Å². The van der Waals surface area contributed by atoms with Crippen molar-refractivity contribution in [1.82, 2.24) is 25.2 Å². The Kier molecular flexibility index (Phi) is 5.71. The first-order valence-electron chi connectivity index (χ1n) is 14.7. The molecule has 4 aliphatic rings. The number of aromatic nitrogens is 3. The van der Waals surface area contributed by atoms with Crippen LogP contribution in [0.1, 0.15) is 37.7 Å². The Labute approximate surface area is 233 Å². The van der Waals surface area contributed by atoms with Crippen molar-refractivity contribution in [2.24, 2.45) is 0 Å². The number of fused-ring (bicyclic) bond motifs is 5. The monoisotopic (exact) mass is 538 g/mol. The molecule has 0 amide bonds. The van der Waals surface area contributed by atoms with E-state index in [2.05, 4.69) is 64.5 Å². The number of piperazine rings is 1. The summed E-state index contributed by atoms with van der Waals surface area (Å²) in [5.41, 5.74) is 4.75. The van der Waals surface area contributed by atoms with Gasteiger partial charge >= 0.3 is 6.01 Å². The number of hydrogen-bond donors (Lipinski definition) is 1. The molecule has 4 atom stereocenters. The lowest BCUT2D eigenvalue weighted by Gasteiger charge is -2.34. The first-order valence-corrected chi connectivity index (χ1v) is 14.7. The lowest BCUT2D eigenvalue weighted by Crippen LogP contribution is -2.51. The molecule has 40 heavy (non-hydrogen) atoms. The van der Waals surface area contributed by atoms with Crippen LogP contribution in [0, 0.1) is 6.92 Å². The third kappa shape index (κ3) is 4.03. The van der Waals surface area contributed by atoms with Crippen molar-refractivity contribution in [1.29, 1.82) is 0 Å². The van der Waals surface area contributed by atoms with Gasteiger partial charge in [-0.3, -0.25) is 9.88 Å². The molecular formula is C32H35FN6O. The smallest absolute Gasteiger partial charge is 0.319 e. The Balaban J connectivity index is 1.21. The summed E-state index contributed by atoms with van der Waals surface area (Å²) in [6, 6.07) is 16.3. The molecule has 0 aliphatic carbocycles. The van der Waals surface area contributed by atoms with Gasteiger partial charge in [0.1, 0.15) is 18.3 Å². The minimum Gasteiger partial charge on any atom is -0.461 e. The molecule has 3 unspecified atom stereocenters. The molecule has 2 aromatic carbocycles. The summed E-state index contributed by atoms with van der Waals surface area (Å²) in [5.74, 6) is 0.842. The maximum absolute atomic E-state index is 14.4. The second-order valence-corrected chi connectivity index (χ2v) is 12.3. The van der Waals surface area contributed by atoms with Gasteiger partial charge in [-0.1, -0.05) is 36.4 Å². The number of aryl methyl sites for hydroxylation is 1. The SMILES string of the molecule is Cc1cccc2cccc(-c3cnc4c(N5CC6CCC(C5)N6)nc(OCC56CCCN5C[C@H](F)C6)nc4c3)c12. The van der Waals surface area contributed by atoms with Gasteiger partial charge in [0.25, 0.3) is 0 Å². The minimum atomic E-state index is -0.788. The second-order valence-electron chi connectivity index (χ2n) is 12.3. The van der Waals surface area contributed by atoms with Crippen LogP contribution in [0.4, 0.5) is 10.2 Å². The molecular weight excluding hydrogens is 503 g/mol. The molecule has 6 heterocycles. The summed E-state index contributed by atoms with van der Waals surface area (Å²) in [5, 5.41) is 6.17. The van der Waals surface area contributed by atoms with Crippen molar-refractivity contribution >= 4 is 27.6 Å². The third-order valence-electron chi connectivity index (χ3n) is 9.67. The molecule has 7 nitrogen and oxygen atoms in total. The highest BCUT2D eigenvalue weighted by atomic mass is 19.1. The zero-order valence-electron chi connectivity index (χ0n) is 22.9. The average Bonchev–Trinajstić information content (AvgIpc) is 3.61. The maximum atomic E-state index is 14.4. The lowest BCUT2D eigenvalue weighted by molar-refractivity contribution is 0.107. The largest absolute Gasteiger partial charge is 0.461 e. The normalized spacial score (nSPS) is 28.1. The van der Waals surface area contributed by atoms with Crippen LogP contribution in [-0.4, -0.2) is 76.4 Å². The highest BCUT2D eigenvalue weighted by Gasteiger charge is 2.49. The number of anilines is 1. The van der Waals surface area contributed by atoms with Gasteiger partial charge in [0.05, 0.1) is 11.1 Å². The molecule has 8 rings (SSSR count). The van der Waals surface area contributed by atoms with Gasteiger partial charge in [0, 0.05) is 49.9 Å². The van der Waals surface area contributed by atoms with E-state index in [1.165, 1.54) is 29.2 Å². The molecule has 0 saturated carbocycles. The van der Waals surface area contributed by atoms with Crippen LogP contribution in [0.5, 0.6) is 6.01 Å². The predicted octanol–water partition coefficient (Wildman–Crippen LogP) is 5.05. The molecule has 0 spiro atoms. The number of halogens is 1. The van der Waals surface area contributed by atoms with E-state index in [0.717, 1.165) is 60.5 Å². The zero-order valence-corrected chi connectivity index (χ0v) is 22.9. The fourth-order valence-electron chi connectivity index (χ4n) is 7.80. The van der Waals surface area contributed by atoms with Crippen molar-refractivity contribution < 1.29 is 9.13 Å². The number of nitrogens with one attached hydrogen (secondary N) is 1. The third-order valence-corrected chi connectivity index (χ3v) is 9.67. The van der Waals surface area contributed by atoms with Crippen LogP contribution < -0.4 is 15.0 Å². The molecule has 4 fully saturated rings. The van der Waals surface area contributed by atoms with Crippen LogP contribution in [0.3, 0.4) is 0 Å². The molecule has 4 aliphatic heterocycles. The van der Waals surface area contributed by atoms with Crippen LogP contribution in [0.15, 0.2) is 48.7 Å². The van der Waals surface area contributed by atoms with E-state index in [1.54, 1.807) is 0 Å². The Bertz CT molecular complexity index is 1590. The van der Waals surface area contributed by atoms with Crippen LogP contribution in [-0.2, 0) is 0 Å². The maximum Gasteiger partial charge on any atom is 0.319 e. The molecule has 206 valence electrons. The molecule has 1 N–H and O–H groups in total. The first kappa shape index (κ1) is 24.4. The second kappa shape index (κ2) is 9.35. The molecule has 4 aromatic rings. The number of rotatable bonds is 5. The number of hydrogen-bond acceptors (Lipinski definition) is 7. The quantitative estimate of drug-likeness (QED) is 0.382. The molecule has 2 aromatic heterocycles. The van der Waals surface area contributed by atoms with Crippen molar-refractivity contribution in [2.75, 3.05) is 37.7 Å². The summed E-state index contributed by atoms with van der Waals surface area (Å²) in [6.45, 7) is 5.82. The lowest BCUT2D eigenvalue weighted by atomic mass is 9.95. The Morgan fingerprint density at radius 2 is 1.90 bits per heavy atom. The van der Waals surface area contributed by atoms with Crippen molar-refractivity contribution in [3.63, 3.8) is 0 Å². The van der Waals surface area contributed by atoms with E-state index in [9.17, 15) is 4.39 Å². The van der Waals surface area contributed by atoms with E-state index < -0.39 is 6.17 Å². The van der Waals surface area contributed by atoms with Gasteiger partial charge in [0.15, 0.2) is 5.82 Å². The highest BCUT2D eigenvalue weighted by Crippen LogP contribution is 2.41. The first-order chi connectivity index (χ1) is 19.5. The molecule has 8 heteroatoms. The van der Waals surface area contributed by atoms with E-state index in [4.69, 9.17) is 19.7 Å². The average molecular weight is 539 g/mol. The summed E-state index contributed by atoms with van der Waals surface area (Å²) in [7, 11) is 0. The molecule has 0 radical (unpaired) electrons. The van der Waals surface area contributed by atoms with Gasteiger partial charge in [-0.25, -0.2) is 4.39 Å². The van der Waals surface area contributed by atoms with Crippen molar-refractivity contribution in [3.8, 4) is 17.1 Å². The molecule has 2 bridgehead atoms. The van der Waals surface area contributed by atoms with Gasteiger partial charge in [-0.15, -0.1) is 0 Å². The van der Waals surface area contributed by atoms with E-state index >= 15 is 0 Å². The van der Waals surface area contributed by atoms with Crippen LogP contribution in [0.25, 0.3) is 32.9 Å². The Hall–Kier alpha value is -3.36. The standard InChI is InChI=1S/C32H35FN6O/c1-20-5-2-6-21-7-3-8-26(28(20)21)22-13-27-29(34-15-22)30(38-17-24-9-10-25(18-38)35-24)37-31(36-27)40-19-32-11-4-12-39(32)16-23(33)14-32/h2-3,5-8,13,15,23-25,35H,4,9-12,14,16-19H2,1H3/t23-,24?,25?,32?/m1/s1. The zero-order chi connectivity index (χ0) is 26.8. The van der Waals surface area contributed by atoms with Crippen molar-refractivity contribution in [3.05, 3.63) is 54.2 Å². The predicted molar refractivity (Wildman–Crippen MR) is 156 cm³/mol. The van der Waals surface area contributed by atoms with Gasteiger partial charge in [-0.05, 0) is 67.1 Å². The fraction of sp³-hybridized carbons (Fsp3) is 0.469. The summed E-state index contributed by atoms with van der Waals surface area (Å²) in [4.78, 5) is 19.5. The molecule has 4 saturated heterocycles. The number of nitrogens with zero attached hydrogens (tertiary/aromatic N) is 5. The topological polar surface area (TPSA) is 66.4 Å². The summed E-state index contributed by atoms with van der Waals surface area (Å²) >= 11 is 0. The summed E-state index contributed by atoms with van der Waals surface area (Å²) in [6.07, 6.45) is 6.12. The highest BCUT2D eigenvalue weighted by molar-refractivity contribution is 6.00. The van der Waals surface area contributed by atoms with E-state index in [0.29, 0.717) is 37.7 Å². The van der Waals surface area contributed by atoms with Gasteiger partial charge in [-0.2, -0.15) is 9.97 Å². The number of ether oxygens (including phenoxy) is 1. The van der Waals surface area contributed by atoms with Crippen molar-refractivity contribution in [2.45, 2.75) is 62.8 Å². The van der Waals surface area contributed by atoms with Crippen LogP contribution >= 0.6 is 0 Å². The fourth-order valence-corrected chi connectivity index (χ4v) is 7.80. The number of pyridine rings is 1.